The van der Waals surface area contributed by atoms with Gasteiger partial charge in [-0.15, -0.1) is 0 Å². The van der Waals surface area contributed by atoms with Crippen LogP contribution in [-0.2, 0) is 19.6 Å². The Kier molecular flexibility index (Phi) is 5.70. The van der Waals surface area contributed by atoms with Crippen LogP contribution in [0.25, 0.3) is 10.8 Å². The number of nitrogens with one attached hydrogen (secondary N) is 1. The van der Waals surface area contributed by atoms with E-state index < -0.39 is 27.8 Å². The maximum Gasteiger partial charge on any atom is 0.266 e. The number of hydrogen-bond donors (Lipinski definition) is 1. The second-order valence-electron chi connectivity index (χ2n) is 6.34. The van der Waals surface area contributed by atoms with Gasteiger partial charge in [0.05, 0.1) is 4.90 Å². The fraction of sp³-hybridized carbons (Fsp3) is 0.182. The van der Waals surface area contributed by atoms with Crippen molar-refractivity contribution < 1.29 is 18.0 Å². The summed E-state index contributed by atoms with van der Waals surface area (Å²) < 4.78 is 26.2. The molecule has 0 bridgehead atoms. The zero-order chi connectivity index (χ0) is 21.2. The lowest BCUT2D eigenvalue weighted by Crippen LogP contribution is -2.45. The van der Waals surface area contributed by atoms with Crippen LogP contribution in [0.3, 0.4) is 0 Å². The first-order valence-corrected chi connectivity index (χ1v) is 10.7. The number of rotatable bonds is 2. The predicted octanol–water partition coefficient (Wildman–Crippen LogP) is 3.75. The number of amides is 2. The molecule has 1 heterocycles. The van der Waals surface area contributed by atoms with E-state index in [1.807, 2.05) is 32.0 Å². The van der Waals surface area contributed by atoms with Crippen molar-refractivity contribution in [2.75, 3.05) is 12.4 Å². The quantitative estimate of drug-likeness (QED) is 0.652. The number of fused-ring (bicyclic) bond motifs is 2. The van der Waals surface area contributed by atoms with E-state index in [0.717, 1.165) is 10.8 Å². The van der Waals surface area contributed by atoms with E-state index in [0.29, 0.717) is 9.99 Å². The number of benzene rings is 3. The third-order valence-corrected chi connectivity index (χ3v) is 6.50. The van der Waals surface area contributed by atoms with Gasteiger partial charge in [-0.3, -0.25) is 9.59 Å². The zero-order valence-corrected chi connectivity index (χ0v) is 17.2. The predicted molar refractivity (Wildman–Crippen MR) is 113 cm³/mol. The Balaban J connectivity index is 0.00000117. The lowest BCUT2D eigenvalue weighted by Gasteiger charge is -2.30. The van der Waals surface area contributed by atoms with Gasteiger partial charge in [-0.25, -0.2) is 12.7 Å². The van der Waals surface area contributed by atoms with Gasteiger partial charge in [0.15, 0.2) is 0 Å². The van der Waals surface area contributed by atoms with Gasteiger partial charge in [-0.2, -0.15) is 0 Å². The Labute approximate surface area is 170 Å². The topological polar surface area (TPSA) is 83.6 Å². The highest BCUT2D eigenvalue weighted by Crippen LogP contribution is 2.37. The first-order chi connectivity index (χ1) is 13.9. The van der Waals surface area contributed by atoms with E-state index in [9.17, 15) is 18.0 Å². The van der Waals surface area contributed by atoms with Gasteiger partial charge >= 0.3 is 0 Å². The molecule has 0 aliphatic carbocycles. The highest BCUT2D eigenvalue weighted by atomic mass is 32.2. The van der Waals surface area contributed by atoms with Crippen LogP contribution in [0.2, 0.25) is 0 Å². The fourth-order valence-corrected chi connectivity index (χ4v) is 4.64. The molecule has 0 fully saturated rings. The van der Waals surface area contributed by atoms with Gasteiger partial charge in [0.25, 0.3) is 15.9 Å². The molecule has 6 nitrogen and oxygen atoms in total. The monoisotopic (exact) mass is 410 g/mol. The Morgan fingerprint density at radius 2 is 1.48 bits per heavy atom. The number of hydrogen-bond acceptors (Lipinski definition) is 4. The minimum Gasteiger partial charge on any atom is -0.325 e. The normalized spacial score (nSPS) is 17.1. The molecule has 3 aromatic rings. The second-order valence-corrected chi connectivity index (χ2v) is 8.27. The summed E-state index contributed by atoms with van der Waals surface area (Å²) in [5, 5.41) is 4.19. The summed E-state index contributed by atoms with van der Waals surface area (Å²) in [6.07, 6.45) is 0. The number of para-hydroxylation sites is 1. The lowest BCUT2D eigenvalue weighted by molar-refractivity contribution is -0.132. The van der Waals surface area contributed by atoms with Crippen LogP contribution in [0.1, 0.15) is 25.3 Å². The lowest BCUT2D eigenvalue weighted by atomic mass is 9.94. The summed E-state index contributed by atoms with van der Waals surface area (Å²) >= 11 is 0. The first-order valence-electron chi connectivity index (χ1n) is 9.31. The molecule has 3 aromatic carbocycles. The number of anilines is 1. The zero-order valence-electron chi connectivity index (χ0n) is 16.4. The van der Waals surface area contributed by atoms with Crippen molar-refractivity contribution in [1.82, 2.24) is 4.31 Å². The second kappa shape index (κ2) is 8.05. The number of nitrogens with zero attached hydrogens (tertiary/aromatic N) is 1. The Hall–Kier alpha value is -3.19. The largest absolute Gasteiger partial charge is 0.325 e. The van der Waals surface area contributed by atoms with Gasteiger partial charge < -0.3 is 5.32 Å². The molecule has 0 spiro atoms. The van der Waals surface area contributed by atoms with E-state index in [1.54, 1.807) is 42.5 Å². The van der Waals surface area contributed by atoms with E-state index in [2.05, 4.69) is 5.32 Å². The number of carbonyl (C=O) groups excluding carboxylic acids is 2. The van der Waals surface area contributed by atoms with Crippen LogP contribution >= 0.6 is 0 Å². The molecule has 2 amide bonds. The molecule has 7 heteroatoms. The van der Waals surface area contributed by atoms with Gasteiger partial charge in [-0.05, 0) is 40.6 Å². The maximum atomic E-state index is 12.9. The van der Waals surface area contributed by atoms with Crippen molar-refractivity contribution >= 4 is 38.3 Å². The summed E-state index contributed by atoms with van der Waals surface area (Å²) in [4.78, 5) is 25.6. The third kappa shape index (κ3) is 3.61. The average Bonchev–Trinajstić information content (AvgIpc) is 2.74. The molecule has 1 atom stereocenters. The highest BCUT2D eigenvalue weighted by Gasteiger charge is 2.44. The van der Waals surface area contributed by atoms with Crippen molar-refractivity contribution in [3.05, 3.63) is 72.3 Å². The smallest absolute Gasteiger partial charge is 0.266 e. The molecule has 0 radical (unpaired) electrons. The van der Waals surface area contributed by atoms with Crippen molar-refractivity contribution in [3.63, 3.8) is 0 Å². The number of likely N-dealkylation sites (N-methyl/N-ethyl adjacent to an activating group) is 1. The molecule has 4 rings (SSSR count). The molecule has 150 valence electrons. The third-order valence-electron chi connectivity index (χ3n) is 4.69. The van der Waals surface area contributed by atoms with Crippen molar-refractivity contribution in [2.45, 2.75) is 24.7 Å². The fourth-order valence-electron chi connectivity index (χ4n) is 3.26. The average molecular weight is 410 g/mol. The molecular weight excluding hydrogens is 388 g/mol. The van der Waals surface area contributed by atoms with Crippen LogP contribution in [0.5, 0.6) is 0 Å². The van der Waals surface area contributed by atoms with E-state index in [4.69, 9.17) is 0 Å². The minimum absolute atomic E-state index is 0.0171. The van der Waals surface area contributed by atoms with Crippen molar-refractivity contribution in [2.24, 2.45) is 0 Å². The molecule has 0 saturated carbocycles. The van der Waals surface area contributed by atoms with Gasteiger partial charge in [0, 0.05) is 12.7 Å². The number of carbonyl (C=O) groups is 2. The van der Waals surface area contributed by atoms with Crippen LogP contribution in [-0.4, -0.2) is 31.6 Å². The standard InChI is InChI=1S/C20H16N2O4S.C2H6/c1-22-20(24)18(19(23)21-15-9-3-2-4-10-15)16-11-13-7-5-6-8-14(13)12-17(16)27(22,25)26;1-2/h2-12,18H,1H3,(H,21,23);1-2H3. The van der Waals surface area contributed by atoms with Crippen molar-refractivity contribution in [3.8, 4) is 0 Å². The molecule has 1 aliphatic rings. The first kappa shape index (κ1) is 20.5. The van der Waals surface area contributed by atoms with Crippen molar-refractivity contribution in [1.29, 1.82) is 0 Å². The summed E-state index contributed by atoms with van der Waals surface area (Å²) in [6.45, 7) is 4.00. The summed E-state index contributed by atoms with van der Waals surface area (Å²) in [5.74, 6) is -2.57. The van der Waals surface area contributed by atoms with Crippen LogP contribution in [0.4, 0.5) is 5.69 Å². The maximum absolute atomic E-state index is 12.9. The number of sulfonamides is 1. The molecule has 1 aliphatic heterocycles. The van der Waals surface area contributed by atoms with Crippen LogP contribution in [0.15, 0.2) is 71.6 Å². The molecule has 29 heavy (non-hydrogen) atoms. The van der Waals surface area contributed by atoms with Gasteiger partial charge in [0.2, 0.25) is 5.91 Å². The molecular formula is C22H22N2O4S. The Morgan fingerprint density at radius 3 is 2.10 bits per heavy atom. The molecule has 1 unspecified atom stereocenters. The molecule has 0 saturated heterocycles. The Bertz CT molecular complexity index is 1170. The van der Waals surface area contributed by atoms with E-state index in [-0.39, 0.29) is 10.5 Å². The van der Waals surface area contributed by atoms with Gasteiger partial charge in [-0.1, -0.05) is 56.3 Å². The summed E-state index contributed by atoms with van der Waals surface area (Å²) in [7, 11) is -2.82. The highest BCUT2D eigenvalue weighted by molar-refractivity contribution is 7.89. The molecule has 0 aromatic heterocycles. The van der Waals surface area contributed by atoms with Crippen LogP contribution < -0.4 is 5.32 Å². The SMILES string of the molecule is CC.CN1C(=O)C(C(=O)Nc2ccccc2)c2cc3ccccc3cc2S1(=O)=O. The minimum atomic E-state index is -4.00. The van der Waals surface area contributed by atoms with Gasteiger partial charge in [0.1, 0.15) is 5.92 Å². The van der Waals surface area contributed by atoms with E-state index >= 15 is 0 Å². The van der Waals surface area contributed by atoms with E-state index in [1.165, 1.54) is 13.1 Å². The Morgan fingerprint density at radius 1 is 0.931 bits per heavy atom. The summed E-state index contributed by atoms with van der Waals surface area (Å²) in [5.41, 5.74) is 0.735. The molecule has 1 N–H and O–H groups in total. The van der Waals surface area contributed by atoms with Crippen LogP contribution in [0, 0.1) is 0 Å². The summed E-state index contributed by atoms with van der Waals surface area (Å²) in [6, 6.07) is 19.1.